The van der Waals surface area contributed by atoms with Crippen LogP contribution in [0.1, 0.15) is 11.7 Å². The first-order valence-electron chi connectivity index (χ1n) is 2.83. The lowest BCUT2D eigenvalue weighted by molar-refractivity contribution is -0.150. The molecule has 0 aliphatic heterocycles. The first-order valence-corrected chi connectivity index (χ1v) is 2.83. The van der Waals surface area contributed by atoms with Crippen molar-refractivity contribution in [1.29, 1.82) is 0 Å². The second-order valence-electron chi connectivity index (χ2n) is 2.03. The van der Waals surface area contributed by atoms with Crippen LogP contribution < -0.4 is 5.73 Å². The SMILES string of the molecule is Cl.NC(c1ccn[nH]1)C(F)(F)F. The number of rotatable bonds is 1. The van der Waals surface area contributed by atoms with Crippen molar-refractivity contribution in [3.05, 3.63) is 18.0 Å². The lowest BCUT2D eigenvalue weighted by Crippen LogP contribution is -2.28. The molecule has 0 aromatic carbocycles. The molecule has 3 N–H and O–H groups in total. The number of alkyl halides is 3. The second-order valence-corrected chi connectivity index (χ2v) is 2.03. The normalized spacial score (nSPS) is 13.7. The second kappa shape index (κ2) is 3.77. The van der Waals surface area contributed by atoms with Gasteiger partial charge in [0.1, 0.15) is 6.04 Å². The molecule has 0 aliphatic carbocycles. The number of H-pyrrole nitrogens is 1. The fraction of sp³-hybridized carbons (Fsp3) is 0.400. The van der Waals surface area contributed by atoms with Crippen LogP contribution in [0.15, 0.2) is 12.3 Å². The summed E-state index contributed by atoms with van der Waals surface area (Å²) in [5, 5.41) is 5.50. The first kappa shape index (κ1) is 11.2. The molecule has 1 atom stereocenters. The van der Waals surface area contributed by atoms with E-state index in [1.807, 2.05) is 0 Å². The highest BCUT2D eigenvalue weighted by Gasteiger charge is 2.38. The van der Waals surface area contributed by atoms with Gasteiger partial charge in [-0.3, -0.25) is 5.10 Å². The lowest BCUT2D eigenvalue weighted by Gasteiger charge is -2.12. The molecule has 3 nitrogen and oxygen atoms in total. The predicted molar refractivity (Wildman–Crippen MR) is 38.8 cm³/mol. The minimum atomic E-state index is -4.41. The van der Waals surface area contributed by atoms with Crippen LogP contribution >= 0.6 is 12.4 Å². The summed E-state index contributed by atoms with van der Waals surface area (Å²) in [5.74, 6) is 0. The van der Waals surface area contributed by atoms with E-state index in [-0.39, 0.29) is 18.1 Å². The summed E-state index contributed by atoms with van der Waals surface area (Å²) >= 11 is 0. The Labute approximate surface area is 72.5 Å². The number of aromatic amines is 1. The number of halogens is 4. The van der Waals surface area contributed by atoms with Gasteiger partial charge in [0.15, 0.2) is 0 Å². The van der Waals surface area contributed by atoms with Crippen LogP contribution in [-0.4, -0.2) is 16.4 Å². The molecule has 0 spiro atoms. The van der Waals surface area contributed by atoms with Crippen molar-refractivity contribution in [2.75, 3.05) is 0 Å². The fourth-order valence-electron chi connectivity index (χ4n) is 0.616. The van der Waals surface area contributed by atoms with E-state index in [4.69, 9.17) is 5.73 Å². The number of hydrogen-bond acceptors (Lipinski definition) is 2. The van der Waals surface area contributed by atoms with Crippen LogP contribution in [0.4, 0.5) is 13.2 Å². The number of nitrogens with one attached hydrogen (secondary N) is 1. The summed E-state index contributed by atoms with van der Waals surface area (Å²) in [6.07, 6.45) is -3.19. The van der Waals surface area contributed by atoms with E-state index in [1.165, 1.54) is 12.3 Å². The van der Waals surface area contributed by atoms with E-state index in [9.17, 15) is 13.2 Å². The topological polar surface area (TPSA) is 54.7 Å². The summed E-state index contributed by atoms with van der Waals surface area (Å²) in [6, 6.07) is -0.775. The quantitative estimate of drug-likeness (QED) is 0.722. The first-order chi connectivity index (χ1) is 5.02. The van der Waals surface area contributed by atoms with Gasteiger partial charge in [0.2, 0.25) is 0 Å². The molecular weight excluding hydrogens is 195 g/mol. The maximum atomic E-state index is 11.8. The molecule has 1 aromatic rings. The van der Waals surface area contributed by atoms with Crippen LogP contribution in [0.25, 0.3) is 0 Å². The maximum Gasteiger partial charge on any atom is 0.409 e. The van der Waals surface area contributed by atoms with Gasteiger partial charge in [-0.2, -0.15) is 18.3 Å². The molecular formula is C5H7ClF3N3. The number of aromatic nitrogens is 2. The van der Waals surface area contributed by atoms with Crippen molar-refractivity contribution in [2.24, 2.45) is 5.73 Å². The molecule has 0 aliphatic rings. The summed E-state index contributed by atoms with van der Waals surface area (Å²) in [7, 11) is 0. The molecule has 12 heavy (non-hydrogen) atoms. The summed E-state index contributed by atoms with van der Waals surface area (Å²) in [5.41, 5.74) is 4.69. The molecule has 0 bridgehead atoms. The molecule has 0 saturated heterocycles. The number of nitrogens with two attached hydrogens (primary N) is 1. The third-order valence-corrected chi connectivity index (χ3v) is 1.21. The van der Waals surface area contributed by atoms with Crippen LogP contribution in [0.2, 0.25) is 0 Å². The average molecular weight is 202 g/mol. The van der Waals surface area contributed by atoms with Gasteiger partial charge in [0.25, 0.3) is 0 Å². The minimum Gasteiger partial charge on any atom is -0.315 e. The molecule has 1 rings (SSSR count). The van der Waals surface area contributed by atoms with Crippen LogP contribution in [0, 0.1) is 0 Å². The summed E-state index contributed by atoms with van der Waals surface area (Å²) in [6.45, 7) is 0. The van der Waals surface area contributed by atoms with E-state index in [0.29, 0.717) is 0 Å². The highest BCUT2D eigenvalue weighted by atomic mass is 35.5. The third kappa shape index (κ3) is 2.38. The van der Waals surface area contributed by atoms with Crippen molar-refractivity contribution in [1.82, 2.24) is 10.2 Å². The Morgan fingerprint density at radius 3 is 2.42 bits per heavy atom. The maximum absolute atomic E-state index is 11.8. The van der Waals surface area contributed by atoms with Gasteiger partial charge in [-0.1, -0.05) is 0 Å². The number of hydrogen-bond donors (Lipinski definition) is 2. The molecule has 1 aromatic heterocycles. The van der Waals surface area contributed by atoms with E-state index in [0.717, 1.165) is 0 Å². The Kier molecular flexibility index (Phi) is 3.54. The number of nitrogens with zero attached hydrogens (tertiary/aromatic N) is 1. The standard InChI is InChI=1S/C5H6F3N3.ClH/c6-5(7,8)4(9)3-1-2-10-11-3;/h1-2,4H,9H2,(H,10,11);1H. The molecule has 0 fully saturated rings. The van der Waals surface area contributed by atoms with Gasteiger partial charge in [0.05, 0.1) is 5.69 Å². The van der Waals surface area contributed by atoms with Gasteiger partial charge in [-0.15, -0.1) is 12.4 Å². The molecule has 70 valence electrons. The van der Waals surface area contributed by atoms with Gasteiger partial charge in [-0.25, -0.2) is 0 Å². The Hall–Kier alpha value is -0.750. The Morgan fingerprint density at radius 1 is 1.50 bits per heavy atom. The Morgan fingerprint density at radius 2 is 2.08 bits per heavy atom. The minimum absolute atomic E-state index is 0. The zero-order valence-corrected chi connectivity index (χ0v) is 6.62. The fourth-order valence-corrected chi connectivity index (χ4v) is 0.616. The van der Waals surface area contributed by atoms with E-state index >= 15 is 0 Å². The van der Waals surface area contributed by atoms with Crippen LogP contribution in [0.3, 0.4) is 0 Å². The van der Waals surface area contributed by atoms with Crippen LogP contribution in [0.5, 0.6) is 0 Å². The van der Waals surface area contributed by atoms with Crippen molar-refractivity contribution >= 4 is 12.4 Å². The summed E-state index contributed by atoms with van der Waals surface area (Å²) in [4.78, 5) is 0. The monoisotopic (exact) mass is 201 g/mol. The van der Waals surface area contributed by atoms with Gasteiger partial charge in [0, 0.05) is 6.20 Å². The van der Waals surface area contributed by atoms with Gasteiger partial charge >= 0.3 is 6.18 Å². The lowest BCUT2D eigenvalue weighted by atomic mass is 10.2. The third-order valence-electron chi connectivity index (χ3n) is 1.21. The van der Waals surface area contributed by atoms with Crippen LogP contribution in [-0.2, 0) is 0 Å². The molecule has 0 amide bonds. The van der Waals surface area contributed by atoms with Crippen molar-refractivity contribution in [3.8, 4) is 0 Å². The van der Waals surface area contributed by atoms with Crippen molar-refractivity contribution in [3.63, 3.8) is 0 Å². The van der Waals surface area contributed by atoms with E-state index < -0.39 is 12.2 Å². The molecule has 0 radical (unpaired) electrons. The van der Waals surface area contributed by atoms with Gasteiger partial charge in [-0.05, 0) is 6.07 Å². The predicted octanol–water partition coefficient (Wildman–Crippen LogP) is 1.39. The van der Waals surface area contributed by atoms with Crippen molar-refractivity contribution in [2.45, 2.75) is 12.2 Å². The smallest absolute Gasteiger partial charge is 0.315 e. The Balaban J connectivity index is 0.00000121. The van der Waals surface area contributed by atoms with Crippen molar-refractivity contribution < 1.29 is 13.2 Å². The molecule has 1 unspecified atom stereocenters. The zero-order valence-electron chi connectivity index (χ0n) is 5.80. The summed E-state index contributed by atoms with van der Waals surface area (Å²) < 4.78 is 35.5. The van der Waals surface area contributed by atoms with E-state index in [1.54, 1.807) is 0 Å². The highest BCUT2D eigenvalue weighted by Crippen LogP contribution is 2.28. The molecule has 0 saturated carbocycles. The van der Waals surface area contributed by atoms with Gasteiger partial charge < -0.3 is 5.73 Å². The average Bonchev–Trinajstić information content (AvgIpc) is 2.34. The molecule has 1 heterocycles. The largest absolute Gasteiger partial charge is 0.409 e. The Bertz CT molecular complexity index is 220. The zero-order chi connectivity index (χ0) is 8.48. The molecule has 7 heteroatoms. The highest BCUT2D eigenvalue weighted by molar-refractivity contribution is 5.85. The van der Waals surface area contributed by atoms with E-state index in [2.05, 4.69) is 10.2 Å².